The Kier molecular flexibility index (Phi) is 3.65. The highest BCUT2D eigenvalue weighted by molar-refractivity contribution is 5.92. The quantitative estimate of drug-likeness (QED) is 0.759. The second-order valence-corrected chi connectivity index (χ2v) is 7.05. The molecule has 0 spiro atoms. The molecule has 1 unspecified atom stereocenters. The maximum atomic E-state index is 12.4. The van der Waals surface area contributed by atoms with Crippen LogP contribution in [-0.2, 0) is 0 Å². The molecule has 5 rings (SSSR count). The van der Waals surface area contributed by atoms with Crippen LogP contribution in [0, 0.1) is 0 Å². The fraction of sp³-hybridized carbons (Fsp3) is 0.421. The molecule has 2 fully saturated rings. The monoisotopic (exact) mass is 352 g/mol. The van der Waals surface area contributed by atoms with Gasteiger partial charge in [-0.2, -0.15) is 4.98 Å². The lowest BCUT2D eigenvalue weighted by Crippen LogP contribution is -2.40. The first-order valence-corrected chi connectivity index (χ1v) is 9.15. The van der Waals surface area contributed by atoms with Gasteiger partial charge in [-0.05, 0) is 37.8 Å². The van der Waals surface area contributed by atoms with Gasteiger partial charge in [-0.25, -0.2) is 0 Å². The van der Waals surface area contributed by atoms with Crippen LogP contribution in [0.5, 0.6) is 0 Å². The Balaban J connectivity index is 1.26. The molecule has 2 aliphatic rings. The van der Waals surface area contributed by atoms with E-state index in [1.54, 1.807) is 6.07 Å². The van der Waals surface area contributed by atoms with Gasteiger partial charge in [0.25, 0.3) is 11.9 Å². The van der Waals surface area contributed by atoms with Crippen LogP contribution < -0.4 is 10.2 Å². The molecule has 1 saturated heterocycles. The first-order chi connectivity index (χ1) is 12.8. The highest BCUT2D eigenvalue weighted by atomic mass is 16.5. The number of para-hydroxylation sites is 2. The molecule has 0 bridgehead atoms. The van der Waals surface area contributed by atoms with Crippen LogP contribution in [-0.4, -0.2) is 35.2 Å². The van der Waals surface area contributed by atoms with Crippen LogP contribution in [0.25, 0.3) is 11.1 Å². The van der Waals surface area contributed by atoms with Crippen LogP contribution in [0.3, 0.4) is 0 Å². The predicted octanol–water partition coefficient (Wildman–Crippen LogP) is 3.09. The summed E-state index contributed by atoms with van der Waals surface area (Å²) in [5, 5.41) is 6.87. The third-order valence-corrected chi connectivity index (χ3v) is 5.14. The summed E-state index contributed by atoms with van der Waals surface area (Å²) in [6.45, 7) is 1.41. The third kappa shape index (κ3) is 2.83. The summed E-state index contributed by atoms with van der Waals surface area (Å²) >= 11 is 0. The Bertz CT molecular complexity index is 910. The Hall–Kier alpha value is -2.83. The number of nitrogens with one attached hydrogen (secondary N) is 1. The molecule has 1 aliphatic heterocycles. The van der Waals surface area contributed by atoms with Crippen LogP contribution >= 0.6 is 0 Å². The first-order valence-electron chi connectivity index (χ1n) is 9.15. The number of oxazole rings is 1. The van der Waals surface area contributed by atoms with Crippen molar-refractivity contribution in [1.82, 2.24) is 15.5 Å². The number of amides is 1. The lowest BCUT2D eigenvalue weighted by Gasteiger charge is -2.22. The number of nitrogens with zero attached hydrogens (tertiary/aromatic N) is 3. The molecule has 0 radical (unpaired) electrons. The van der Waals surface area contributed by atoms with E-state index < -0.39 is 0 Å². The van der Waals surface area contributed by atoms with Gasteiger partial charge in [-0.3, -0.25) is 4.79 Å². The van der Waals surface area contributed by atoms with Crippen LogP contribution in [0.1, 0.15) is 47.8 Å². The summed E-state index contributed by atoms with van der Waals surface area (Å²) in [6.07, 6.45) is 4.29. The summed E-state index contributed by atoms with van der Waals surface area (Å²) in [5.74, 6) is 1.09. The summed E-state index contributed by atoms with van der Waals surface area (Å²) in [6, 6.07) is 10.3. The third-order valence-electron chi connectivity index (χ3n) is 5.14. The summed E-state index contributed by atoms with van der Waals surface area (Å²) in [5.41, 5.74) is 2.00. The van der Waals surface area contributed by atoms with Crippen molar-refractivity contribution < 1.29 is 13.7 Å². The molecule has 3 aromatic rings. The number of hydrogen-bond donors (Lipinski definition) is 1. The molecule has 26 heavy (non-hydrogen) atoms. The fourth-order valence-corrected chi connectivity index (χ4v) is 3.54. The number of benzene rings is 1. The molecule has 1 amide bonds. The Morgan fingerprint density at radius 1 is 1.27 bits per heavy atom. The van der Waals surface area contributed by atoms with Gasteiger partial charge in [0.05, 0.1) is 6.04 Å². The highest BCUT2D eigenvalue weighted by Crippen LogP contribution is 2.40. The van der Waals surface area contributed by atoms with Crippen molar-refractivity contribution in [2.45, 2.75) is 37.6 Å². The Morgan fingerprint density at radius 2 is 2.15 bits per heavy atom. The minimum Gasteiger partial charge on any atom is -0.423 e. The zero-order valence-electron chi connectivity index (χ0n) is 14.4. The number of carbonyl (C=O) groups is 1. The average Bonchev–Trinajstić information content (AvgIpc) is 3.09. The highest BCUT2D eigenvalue weighted by Gasteiger charge is 2.31. The van der Waals surface area contributed by atoms with Crippen molar-refractivity contribution >= 4 is 23.0 Å². The molecule has 1 atom stereocenters. The zero-order valence-corrected chi connectivity index (χ0v) is 14.4. The van der Waals surface area contributed by atoms with E-state index in [2.05, 4.69) is 20.4 Å². The van der Waals surface area contributed by atoms with E-state index in [9.17, 15) is 4.79 Å². The number of carbonyl (C=O) groups excluding carboxylic acids is 1. The van der Waals surface area contributed by atoms with Crippen LogP contribution in [0.4, 0.5) is 6.01 Å². The standard InChI is InChI=1S/C19H20N4O3/c24-18(15-10-17(26-22-15)12-7-8-12)20-11-13-4-3-9-23(13)19-21-14-5-1-2-6-16(14)25-19/h1-2,5-6,10,12-13H,3-4,7-9,11H2,(H,20,24). The smallest absolute Gasteiger partial charge is 0.298 e. The SMILES string of the molecule is O=C(NCC1CCCN1c1nc2ccccc2o1)c1cc(C2CC2)on1. The molecule has 3 heterocycles. The average molecular weight is 352 g/mol. The number of hydrogen-bond acceptors (Lipinski definition) is 6. The molecule has 1 aliphatic carbocycles. The second kappa shape index (κ2) is 6.16. The van der Waals surface area contributed by atoms with Gasteiger partial charge in [0.2, 0.25) is 0 Å². The molecule has 7 heteroatoms. The minimum atomic E-state index is -0.190. The maximum Gasteiger partial charge on any atom is 0.298 e. The van der Waals surface area contributed by atoms with Gasteiger partial charge in [0, 0.05) is 25.1 Å². The van der Waals surface area contributed by atoms with E-state index in [4.69, 9.17) is 8.94 Å². The minimum absolute atomic E-state index is 0.168. The molecule has 134 valence electrons. The molecule has 2 aromatic heterocycles. The summed E-state index contributed by atoms with van der Waals surface area (Å²) in [7, 11) is 0. The predicted molar refractivity (Wildman–Crippen MR) is 95.2 cm³/mol. The first kappa shape index (κ1) is 15.4. The van der Waals surface area contributed by atoms with Gasteiger partial charge in [-0.1, -0.05) is 17.3 Å². The number of anilines is 1. The Labute approximate surface area is 150 Å². The number of aromatic nitrogens is 2. The number of rotatable bonds is 5. The van der Waals surface area contributed by atoms with Crippen molar-refractivity contribution in [3.63, 3.8) is 0 Å². The lowest BCUT2D eigenvalue weighted by molar-refractivity contribution is 0.0942. The van der Waals surface area contributed by atoms with E-state index >= 15 is 0 Å². The molecule has 7 nitrogen and oxygen atoms in total. The topological polar surface area (TPSA) is 84.4 Å². The van der Waals surface area contributed by atoms with E-state index in [0.29, 0.717) is 24.2 Å². The van der Waals surface area contributed by atoms with Crippen molar-refractivity contribution in [3.8, 4) is 0 Å². The summed E-state index contributed by atoms with van der Waals surface area (Å²) in [4.78, 5) is 19.1. The van der Waals surface area contributed by atoms with Crippen molar-refractivity contribution in [1.29, 1.82) is 0 Å². The normalized spacial score (nSPS) is 20.0. The van der Waals surface area contributed by atoms with E-state index in [1.807, 2.05) is 24.3 Å². The van der Waals surface area contributed by atoms with Crippen molar-refractivity contribution in [2.24, 2.45) is 0 Å². The van der Waals surface area contributed by atoms with Crippen LogP contribution in [0.2, 0.25) is 0 Å². The molecular formula is C19H20N4O3. The van der Waals surface area contributed by atoms with E-state index in [0.717, 1.165) is 49.1 Å². The molecule has 1 aromatic carbocycles. The molecular weight excluding hydrogens is 332 g/mol. The lowest BCUT2D eigenvalue weighted by atomic mass is 10.2. The van der Waals surface area contributed by atoms with E-state index in [1.165, 1.54) is 0 Å². The maximum absolute atomic E-state index is 12.4. The van der Waals surface area contributed by atoms with Crippen LogP contribution in [0.15, 0.2) is 39.3 Å². The molecule has 1 N–H and O–H groups in total. The number of fused-ring (bicyclic) bond motifs is 1. The summed E-state index contributed by atoms with van der Waals surface area (Å²) < 4.78 is 11.1. The van der Waals surface area contributed by atoms with E-state index in [-0.39, 0.29) is 11.9 Å². The fourth-order valence-electron chi connectivity index (χ4n) is 3.54. The Morgan fingerprint density at radius 3 is 3.00 bits per heavy atom. The van der Waals surface area contributed by atoms with Gasteiger partial charge < -0.3 is 19.2 Å². The molecule has 1 saturated carbocycles. The second-order valence-electron chi connectivity index (χ2n) is 7.05. The largest absolute Gasteiger partial charge is 0.423 e. The zero-order chi connectivity index (χ0) is 17.5. The van der Waals surface area contributed by atoms with Crippen molar-refractivity contribution in [2.75, 3.05) is 18.0 Å². The van der Waals surface area contributed by atoms with Gasteiger partial charge in [0.15, 0.2) is 11.3 Å². The van der Waals surface area contributed by atoms with Crippen molar-refractivity contribution in [3.05, 3.63) is 41.8 Å². The van der Waals surface area contributed by atoms with Gasteiger partial charge >= 0.3 is 0 Å². The van der Waals surface area contributed by atoms with Gasteiger partial charge in [0.1, 0.15) is 11.3 Å². The van der Waals surface area contributed by atoms with Gasteiger partial charge in [-0.15, -0.1) is 0 Å².